The zero-order valence-electron chi connectivity index (χ0n) is 11.8. The second-order valence-corrected chi connectivity index (χ2v) is 7.19. The van der Waals surface area contributed by atoms with Gasteiger partial charge in [0.25, 0.3) is 0 Å². The van der Waals surface area contributed by atoms with Gasteiger partial charge in [-0.2, -0.15) is 5.10 Å². The van der Waals surface area contributed by atoms with Crippen molar-refractivity contribution in [2.45, 2.75) is 50.3 Å². The standard InChI is InChI=1S/C13H25N3S/c1-10(2)12(8-14-13(3,4)5)17-11-7-15-16(6)9-11/h7,9-10,12,14H,8H2,1-6H3. The van der Waals surface area contributed by atoms with Crippen molar-refractivity contribution in [1.29, 1.82) is 0 Å². The van der Waals surface area contributed by atoms with Crippen LogP contribution in [-0.2, 0) is 7.05 Å². The first-order valence-electron chi connectivity index (χ1n) is 6.18. The number of nitrogens with zero attached hydrogens (tertiary/aromatic N) is 2. The van der Waals surface area contributed by atoms with Crippen molar-refractivity contribution < 1.29 is 0 Å². The topological polar surface area (TPSA) is 29.9 Å². The van der Waals surface area contributed by atoms with E-state index < -0.39 is 0 Å². The molecule has 0 amide bonds. The van der Waals surface area contributed by atoms with E-state index in [1.54, 1.807) is 0 Å². The van der Waals surface area contributed by atoms with Crippen LogP contribution < -0.4 is 5.32 Å². The largest absolute Gasteiger partial charge is 0.311 e. The fourth-order valence-corrected chi connectivity index (χ4v) is 2.56. The van der Waals surface area contributed by atoms with Crippen LogP contribution in [0.2, 0.25) is 0 Å². The van der Waals surface area contributed by atoms with E-state index >= 15 is 0 Å². The minimum Gasteiger partial charge on any atom is -0.311 e. The average Bonchev–Trinajstić information content (AvgIpc) is 2.56. The van der Waals surface area contributed by atoms with Gasteiger partial charge in [0.2, 0.25) is 0 Å². The summed E-state index contributed by atoms with van der Waals surface area (Å²) in [5.41, 5.74) is 0.183. The molecular weight excluding hydrogens is 230 g/mol. The number of thioether (sulfide) groups is 1. The molecule has 0 aliphatic carbocycles. The second kappa shape index (κ2) is 5.91. The molecule has 1 aromatic heterocycles. The molecule has 0 spiro atoms. The molecule has 98 valence electrons. The van der Waals surface area contributed by atoms with E-state index in [1.165, 1.54) is 4.90 Å². The fraction of sp³-hybridized carbons (Fsp3) is 0.769. The Kier molecular flexibility index (Phi) is 5.07. The molecule has 1 N–H and O–H groups in total. The van der Waals surface area contributed by atoms with Gasteiger partial charge in [0.15, 0.2) is 0 Å². The maximum absolute atomic E-state index is 4.21. The van der Waals surface area contributed by atoms with E-state index in [0.29, 0.717) is 11.2 Å². The van der Waals surface area contributed by atoms with Crippen molar-refractivity contribution in [3.05, 3.63) is 12.4 Å². The molecule has 4 heteroatoms. The third-order valence-electron chi connectivity index (χ3n) is 2.55. The minimum absolute atomic E-state index is 0.183. The van der Waals surface area contributed by atoms with Crippen LogP contribution in [-0.4, -0.2) is 27.1 Å². The van der Waals surface area contributed by atoms with E-state index in [2.05, 4.69) is 51.2 Å². The summed E-state index contributed by atoms with van der Waals surface area (Å²) in [6.07, 6.45) is 4.02. The van der Waals surface area contributed by atoms with Crippen LogP contribution in [0.25, 0.3) is 0 Å². The number of nitrogens with one attached hydrogen (secondary N) is 1. The first-order chi connectivity index (χ1) is 7.78. The van der Waals surface area contributed by atoms with Gasteiger partial charge >= 0.3 is 0 Å². The maximum Gasteiger partial charge on any atom is 0.0625 e. The number of rotatable bonds is 5. The lowest BCUT2D eigenvalue weighted by atomic mass is 10.1. The number of hydrogen-bond donors (Lipinski definition) is 1. The lowest BCUT2D eigenvalue weighted by Gasteiger charge is -2.26. The van der Waals surface area contributed by atoms with Gasteiger partial charge in [-0.25, -0.2) is 0 Å². The molecular formula is C13H25N3S. The molecule has 0 saturated heterocycles. The van der Waals surface area contributed by atoms with Crippen LogP contribution in [0.15, 0.2) is 17.3 Å². The van der Waals surface area contributed by atoms with E-state index in [1.807, 2.05) is 29.7 Å². The van der Waals surface area contributed by atoms with Gasteiger partial charge in [-0.15, -0.1) is 11.8 Å². The molecule has 0 bridgehead atoms. The number of aryl methyl sites for hydroxylation is 1. The zero-order chi connectivity index (χ0) is 13.1. The van der Waals surface area contributed by atoms with Crippen LogP contribution in [0.1, 0.15) is 34.6 Å². The van der Waals surface area contributed by atoms with Crippen molar-refractivity contribution in [2.75, 3.05) is 6.54 Å². The molecule has 0 fully saturated rings. The second-order valence-electron chi connectivity index (χ2n) is 5.88. The lowest BCUT2D eigenvalue weighted by molar-refractivity contribution is 0.408. The zero-order valence-corrected chi connectivity index (χ0v) is 12.6. The highest BCUT2D eigenvalue weighted by atomic mass is 32.2. The average molecular weight is 255 g/mol. The predicted molar refractivity (Wildman–Crippen MR) is 75.4 cm³/mol. The van der Waals surface area contributed by atoms with Gasteiger partial charge in [-0.3, -0.25) is 4.68 Å². The van der Waals surface area contributed by atoms with Crippen molar-refractivity contribution in [3.63, 3.8) is 0 Å². The van der Waals surface area contributed by atoms with Crippen LogP contribution in [0.3, 0.4) is 0 Å². The Balaban J connectivity index is 2.55. The summed E-state index contributed by atoms with van der Waals surface area (Å²) >= 11 is 1.91. The molecule has 0 aliphatic rings. The first kappa shape index (κ1) is 14.6. The Morgan fingerprint density at radius 1 is 1.41 bits per heavy atom. The molecule has 0 radical (unpaired) electrons. The van der Waals surface area contributed by atoms with Crippen molar-refractivity contribution in [3.8, 4) is 0 Å². The Morgan fingerprint density at radius 2 is 2.06 bits per heavy atom. The van der Waals surface area contributed by atoms with Gasteiger partial charge in [0, 0.05) is 35.5 Å². The molecule has 17 heavy (non-hydrogen) atoms. The summed E-state index contributed by atoms with van der Waals surface area (Å²) in [6.45, 7) is 12.2. The predicted octanol–water partition coefficient (Wildman–Crippen LogP) is 2.92. The van der Waals surface area contributed by atoms with Crippen molar-refractivity contribution in [1.82, 2.24) is 15.1 Å². The molecule has 1 heterocycles. The molecule has 3 nitrogen and oxygen atoms in total. The molecule has 0 saturated carbocycles. The lowest BCUT2D eigenvalue weighted by Crippen LogP contribution is -2.41. The summed E-state index contributed by atoms with van der Waals surface area (Å²) in [4.78, 5) is 1.25. The smallest absolute Gasteiger partial charge is 0.0625 e. The molecule has 1 rings (SSSR count). The van der Waals surface area contributed by atoms with Crippen LogP contribution in [0.5, 0.6) is 0 Å². The molecule has 0 aliphatic heterocycles. The third kappa shape index (κ3) is 5.59. The van der Waals surface area contributed by atoms with E-state index in [-0.39, 0.29) is 5.54 Å². The summed E-state index contributed by atoms with van der Waals surface area (Å²) in [5, 5.41) is 8.38. The van der Waals surface area contributed by atoms with E-state index in [4.69, 9.17) is 0 Å². The Labute approximate surface area is 109 Å². The Morgan fingerprint density at radius 3 is 2.47 bits per heavy atom. The highest BCUT2D eigenvalue weighted by molar-refractivity contribution is 8.00. The van der Waals surface area contributed by atoms with Gasteiger partial charge in [0.05, 0.1) is 6.20 Å². The normalized spacial score (nSPS) is 14.3. The molecule has 1 unspecified atom stereocenters. The quantitative estimate of drug-likeness (QED) is 0.821. The molecule has 1 atom stereocenters. The third-order valence-corrected chi connectivity index (χ3v) is 4.04. The summed E-state index contributed by atoms with van der Waals surface area (Å²) in [5.74, 6) is 0.648. The fourth-order valence-electron chi connectivity index (χ4n) is 1.45. The summed E-state index contributed by atoms with van der Waals surface area (Å²) in [6, 6.07) is 0. The van der Waals surface area contributed by atoms with Crippen molar-refractivity contribution >= 4 is 11.8 Å². The maximum atomic E-state index is 4.21. The van der Waals surface area contributed by atoms with Gasteiger partial charge < -0.3 is 5.32 Å². The minimum atomic E-state index is 0.183. The molecule has 0 aromatic carbocycles. The van der Waals surface area contributed by atoms with Crippen molar-refractivity contribution in [2.24, 2.45) is 13.0 Å². The van der Waals surface area contributed by atoms with Gasteiger partial charge in [-0.1, -0.05) is 13.8 Å². The van der Waals surface area contributed by atoms with Crippen LogP contribution in [0, 0.1) is 5.92 Å². The monoisotopic (exact) mass is 255 g/mol. The SMILES string of the molecule is CC(C)C(CNC(C)(C)C)Sc1cnn(C)c1. The molecule has 1 aromatic rings. The highest BCUT2D eigenvalue weighted by Crippen LogP contribution is 2.27. The van der Waals surface area contributed by atoms with E-state index in [9.17, 15) is 0 Å². The Bertz CT molecular complexity index is 339. The van der Waals surface area contributed by atoms with Gasteiger partial charge in [0.1, 0.15) is 0 Å². The summed E-state index contributed by atoms with van der Waals surface area (Å²) in [7, 11) is 1.96. The highest BCUT2D eigenvalue weighted by Gasteiger charge is 2.18. The first-order valence-corrected chi connectivity index (χ1v) is 7.06. The number of hydrogen-bond acceptors (Lipinski definition) is 3. The van der Waals surface area contributed by atoms with E-state index in [0.717, 1.165) is 6.54 Å². The Hall–Kier alpha value is -0.480. The van der Waals surface area contributed by atoms with Crippen LogP contribution in [0.4, 0.5) is 0 Å². The van der Waals surface area contributed by atoms with Crippen LogP contribution >= 0.6 is 11.8 Å². The van der Waals surface area contributed by atoms with Gasteiger partial charge in [-0.05, 0) is 26.7 Å². The number of aromatic nitrogens is 2. The summed E-state index contributed by atoms with van der Waals surface area (Å²) < 4.78 is 1.86.